The highest BCUT2D eigenvalue weighted by Crippen LogP contribution is 2.38. The zero-order valence-electron chi connectivity index (χ0n) is 11.8. The molecule has 1 aromatic heterocycles. The molecule has 0 fully saturated rings. The Hall–Kier alpha value is -2.50. The first-order valence-corrected chi connectivity index (χ1v) is 6.01. The van der Waals surface area contributed by atoms with Gasteiger partial charge in [-0.15, -0.1) is 0 Å². The van der Waals surface area contributed by atoms with Crippen LogP contribution in [0.5, 0.6) is 11.5 Å². The van der Waals surface area contributed by atoms with E-state index in [1.54, 1.807) is 26.2 Å². The molecule has 0 unspecified atom stereocenters. The Bertz CT molecular complexity index is 661. The SMILES string of the molecule is COc1ccc(-c2nc(C)[nH]c2C(=O)O)c(OC)c1C. The number of carbonyl (C=O) groups is 1. The number of aryl methyl sites for hydroxylation is 1. The van der Waals surface area contributed by atoms with E-state index in [0.717, 1.165) is 5.56 Å². The molecule has 2 aromatic rings. The van der Waals surface area contributed by atoms with Crippen molar-refractivity contribution >= 4 is 5.97 Å². The van der Waals surface area contributed by atoms with E-state index in [0.29, 0.717) is 28.6 Å². The maximum atomic E-state index is 11.3. The number of imidazole rings is 1. The number of benzene rings is 1. The summed E-state index contributed by atoms with van der Waals surface area (Å²) in [6.45, 7) is 3.56. The largest absolute Gasteiger partial charge is 0.496 e. The van der Waals surface area contributed by atoms with Gasteiger partial charge in [0.2, 0.25) is 0 Å². The van der Waals surface area contributed by atoms with Crippen molar-refractivity contribution in [2.45, 2.75) is 13.8 Å². The van der Waals surface area contributed by atoms with Crippen LogP contribution in [-0.4, -0.2) is 35.3 Å². The number of aromatic carboxylic acids is 1. The Morgan fingerprint density at radius 1 is 1.25 bits per heavy atom. The minimum Gasteiger partial charge on any atom is -0.496 e. The van der Waals surface area contributed by atoms with Crippen molar-refractivity contribution < 1.29 is 19.4 Å². The maximum Gasteiger partial charge on any atom is 0.354 e. The van der Waals surface area contributed by atoms with Gasteiger partial charge in [-0.1, -0.05) is 0 Å². The minimum absolute atomic E-state index is 0.0466. The molecule has 0 bridgehead atoms. The zero-order valence-corrected chi connectivity index (χ0v) is 11.8. The van der Waals surface area contributed by atoms with Gasteiger partial charge in [0, 0.05) is 11.1 Å². The fourth-order valence-electron chi connectivity index (χ4n) is 2.19. The van der Waals surface area contributed by atoms with Crippen molar-refractivity contribution in [1.82, 2.24) is 9.97 Å². The van der Waals surface area contributed by atoms with Crippen molar-refractivity contribution in [1.29, 1.82) is 0 Å². The van der Waals surface area contributed by atoms with Gasteiger partial charge in [0.05, 0.1) is 14.2 Å². The van der Waals surface area contributed by atoms with Gasteiger partial charge in [-0.3, -0.25) is 0 Å². The van der Waals surface area contributed by atoms with Crippen LogP contribution in [0.15, 0.2) is 12.1 Å². The molecule has 0 aliphatic rings. The van der Waals surface area contributed by atoms with E-state index >= 15 is 0 Å². The summed E-state index contributed by atoms with van der Waals surface area (Å²) in [4.78, 5) is 18.3. The molecule has 2 N–H and O–H groups in total. The van der Waals surface area contributed by atoms with Crippen LogP contribution < -0.4 is 9.47 Å². The molecule has 2 rings (SSSR count). The van der Waals surface area contributed by atoms with Crippen LogP contribution >= 0.6 is 0 Å². The molecule has 106 valence electrons. The number of hydrogen-bond donors (Lipinski definition) is 2. The molecule has 0 radical (unpaired) electrons. The van der Waals surface area contributed by atoms with Gasteiger partial charge in [-0.2, -0.15) is 0 Å². The number of rotatable bonds is 4. The fourth-order valence-corrected chi connectivity index (χ4v) is 2.19. The second-order valence-electron chi connectivity index (χ2n) is 4.32. The molecule has 1 aromatic carbocycles. The predicted octanol–water partition coefficient (Wildman–Crippen LogP) is 2.41. The molecule has 0 saturated carbocycles. The smallest absolute Gasteiger partial charge is 0.354 e. The summed E-state index contributed by atoms with van der Waals surface area (Å²) in [5.41, 5.74) is 1.82. The molecule has 0 aliphatic carbocycles. The van der Waals surface area contributed by atoms with Gasteiger partial charge in [0.1, 0.15) is 23.0 Å². The molecule has 0 spiro atoms. The van der Waals surface area contributed by atoms with Crippen LogP contribution in [0.25, 0.3) is 11.3 Å². The van der Waals surface area contributed by atoms with Crippen LogP contribution in [-0.2, 0) is 0 Å². The highest BCUT2D eigenvalue weighted by molar-refractivity contribution is 5.94. The van der Waals surface area contributed by atoms with E-state index in [1.807, 2.05) is 6.92 Å². The minimum atomic E-state index is -1.06. The maximum absolute atomic E-state index is 11.3. The molecule has 6 heteroatoms. The Morgan fingerprint density at radius 2 is 1.95 bits per heavy atom. The lowest BCUT2D eigenvalue weighted by molar-refractivity contribution is 0.0692. The first kappa shape index (κ1) is 13.9. The highest BCUT2D eigenvalue weighted by Gasteiger charge is 2.21. The van der Waals surface area contributed by atoms with Gasteiger partial charge in [0.25, 0.3) is 0 Å². The Morgan fingerprint density at radius 3 is 2.50 bits per heavy atom. The van der Waals surface area contributed by atoms with Gasteiger partial charge in [-0.05, 0) is 26.0 Å². The third-order valence-electron chi connectivity index (χ3n) is 3.07. The predicted molar refractivity (Wildman–Crippen MR) is 73.6 cm³/mol. The van der Waals surface area contributed by atoms with Gasteiger partial charge < -0.3 is 19.6 Å². The molecule has 6 nitrogen and oxygen atoms in total. The monoisotopic (exact) mass is 276 g/mol. The number of hydrogen-bond acceptors (Lipinski definition) is 4. The molecule has 0 saturated heterocycles. The second-order valence-corrected chi connectivity index (χ2v) is 4.32. The summed E-state index contributed by atoms with van der Waals surface area (Å²) in [5.74, 6) is 0.706. The average molecular weight is 276 g/mol. The molecule has 0 atom stereocenters. The van der Waals surface area contributed by atoms with E-state index in [2.05, 4.69) is 9.97 Å². The lowest BCUT2D eigenvalue weighted by Crippen LogP contribution is -2.01. The third kappa shape index (κ3) is 2.20. The number of carboxylic acids is 1. The van der Waals surface area contributed by atoms with Gasteiger partial charge in [0.15, 0.2) is 5.69 Å². The summed E-state index contributed by atoms with van der Waals surface area (Å²) < 4.78 is 10.6. The van der Waals surface area contributed by atoms with E-state index < -0.39 is 5.97 Å². The summed E-state index contributed by atoms with van der Waals surface area (Å²) in [6, 6.07) is 3.51. The molecular formula is C14H16N2O4. The van der Waals surface area contributed by atoms with Gasteiger partial charge >= 0.3 is 5.97 Å². The molecule has 1 heterocycles. The van der Waals surface area contributed by atoms with E-state index in [4.69, 9.17) is 9.47 Å². The molecular weight excluding hydrogens is 260 g/mol. The number of nitrogens with one attached hydrogen (secondary N) is 1. The number of aromatic amines is 1. The molecule has 0 amide bonds. The van der Waals surface area contributed by atoms with E-state index in [9.17, 15) is 9.90 Å². The zero-order chi connectivity index (χ0) is 14.9. The van der Waals surface area contributed by atoms with Crippen LogP contribution in [0, 0.1) is 13.8 Å². The summed E-state index contributed by atoms with van der Waals surface area (Å²) >= 11 is 0. The number of carboxylic acid groups (broad SMARTS) is 1. The van der Waals surface area contributed by atoms with Crippen molar-refractivity contribution in [3.05, 3.63) is 29.2 Å². The third-order valence-corrected chi connectivity index (χ3v) is 3.07. The lowest BCUT2D eigenvalue weighted by Gasteiger charge is -2.13. The van der Waals surface area contributed by atoms with Crippen LogP contribution in [0.3, 0.4) is 0 Å². The second kappa shape index (κ2) is 5.24. The first-order valence-electron chi connectivity index (χ1n) is 6.01. The highest BCUT2D eigenvalue weighted by atomic mass is 16.5. The Labute approximate surface area is 116 Å². The average Bonchev–Trinajstić information content (AvgIpc) is 2.80. The number of methoxy groups -OCH3 is 2. The van der Waals surface area contributed by atoms with E-state index in [1.165, 1.54) is 7.11 Å². The van der Waals surface area contributed by atoms with Crippen LogP contribution in [0.1, 0.15) is 21.9 Å². The first-order chi connectivity index (χ1) is 9.49. The molecule has 20 heavy (non-hydrogen) atoms. The summed E-state index contributed by atoms with van der Waals surface area (Å²) in [7, 11) is 3.11. The number of ether oxygens (including phenoxy) is 2. The number of aromatic nitrogens is 2. The lowest BCUT2D eigenvalue weighted by atomic mass is 10.0. The normalized spacial score (nSPS) is 10.4. The van der Waals surface area contributed by atoms with Crippen molar-refractivity contribution in [3.8, 4) is 22.8 Å². The van der Waals surface area contributed by atoms with Crippen LogP contribution in [0.4, 0.5) is 0 Å². The number of nitrogens with zero attached hydrogens (tertiary/aromatic N) is 1. The van der Waals surface area contributed by atoms with Gasteiger partial charge in [-0.25, -0.2) is 9.78 Å². The summed E-state index contributed by atoms with van der Waals surface area (Å²) in [5, 5.41) is 9.24. The molecule has 0 aliphatic heterocycles. The van der Waals surface area contributed by atoms with Crippen molar-refractivity contribution in [2.75, 3.05) is 14.2 Å². The fraction of sp³-hybridized carbons (Fsp3) is 0.286. The summed E-state index contributed by atoms with van der Waals surface area (Å²) in [6.07, 6.45) is 0. The quantitative estimate of drug-likeness (QED) is 0.895. The van der Waals surface area contributed by atoms with Crippen LogP contribution in [0.2, 0.25) is 0 Å². The van der Waals surface area contributed by atoms with Crippen molar-refractivity contribution in [3.63, 3.8) is 0 Å². The van der Waals surface area contributed by atoms with E-state index in [-0.39, 0.29) is 5.69 Å². The standard InChI is InChI=1S/C14H16N2O4/c1-7-10(19-3)6-5-9(13(7)20-4)11-12(14(17)18)16-8(2)15-11/h5-6H,1-4H3,(H,15,16)(H,17,18). The Kier molecular flexibility index (Phi) is 3.65. The Balaban J connectivity index is 2.70. The topological polar surface area (TPSA) is 84.4 Å². The van der Waals surface area contributed by atoms with Crippen molar-refractivity contribution in [2.24, 2.45) is 0 Å². The number of H-pyrrole nitrogens is 1.